The maximum Gasteiger partial charge on any atom is 0.573 e. The number of fused-ring (bicyclic) bond motifs is 1. The van der Waals surface area contributed by atoms with Gasteiger partial charge >= 0.3 is 6.36 Å². The van der Waals surface area contributed by atoms with Crippen molar-refractivity contribution < 1.29 is 17.9 Å². The third-order valence-corrected chi connectivity index (χ3v) is 4.39. The number of halogens is 3. The van der Waals surface area contributed by atoms with Gasteiger partial charge in [-0.25, -0.2) is 0 Å². The lowest BCUT2D eigenvalue weighted by atomic mass is 10.2. The molecular formula is C18H23F3N6O. The van der Waals surface area contributed by atoms with Crippen molar-refractivity contribution in [2.45, 2.75) is 51.4 Å². The topological polar surface area (TPSA) is 90.4 Å². The van der Waals surface area contributed by atoms with E-state index in [1.165, 1.54) is 30.7 Å². The second-order valence-corrected chi connectivity index (χ2v) is 6.56. The Balaban J connectivity index is 1.45. The lowest BCUT2D eigenvalue weighted by Crippen LogP contribution is -2.23. The number of aromatic nitrogens is 3. The van der Waals surface area contributed by atoms with Gasteiger partial charge < -0.3 is 20.4 Å². The van der Waals surface area contributed by atoms with Crippen molar-refractivity contribution in [3.8, 4) is 5.75 Å². The highest BCUT2D eigenvalue weighted by Gasteiger charge is 2.30. The zero-order valence-corrected chi connectivity index (χ0v) is 15.4. The summed E-state index contributed by atoms with van der Waals surface area (Å²) in [6.45, 7) is 1.48. The number of nitrogens with zero attached hydrogens (tertiary/aromatic N) is 4. The number of hydrogen-bond acceptors (Lipinski definition) is 4. The van der Waals surface area contributed by atoms with E-state index in [1.807, 2.05) is 0 Å². The molecule has 0 saturated carbocycles. The number of hydrogen-bond donors (Lipinski definition) is 2. The SMILES string of the molecule is NC(=NCCCc1nnc2n1CCCCC2)Nc1ccc(OC(F)(F)F)cc1. The highest BCUT2D eigenvalue weighted by atomic mass is 19.4. The van der Waals surface area contributed by atoms with Gasteiger partial charge in [0.05, 0.1) is 0 Å². The predicted molar refractivity (Wildman–Crippen MR) is 99.1 cm³/mol. The van der Waals surface area contributed by atoms with Crippen molar-refractivity contribution in [3.63, 3.8) is 0 Å². The van der Waals surface area contributed by atoms with Crippen molar-refractivity contribution in [1.29, 1.82) is 0 Å². The van der Waals surface area contributed by atoms with Gasteiger partial charge in [-0.1, -0.05) is 6.42 Å². The molecule has 0 fully saturated rings. The number of alkyl halides is 3. The Hall–Kier alpha value is -2.78. The molecule has 1 aliphatic heterocycles. The van der Waals surface area contributed by atoms with Gasteiger partial charge in [-0.15, -0.1) is 23.4 Å². The van der Waals surface area contributed by atoms with Crippen LogP contribution in [0.15, 0.2) is 29.3 Å². The molecule has 2 heterocycles. The number of guanidine groups is 1. The van der Waals surface area contributed by atoms with Crippen LogP contribution < -0.4 is 15.8 Å². The Labute approximate surface area is 160 Å². The first kappa shape index (κ1) is 20.0. The van der Waals surface area contributed by atoms with Crippen molar-refractivity contribution in [2.75, 3.05) is 11.9 Å². The summed E-state index contributed by atoms with van der Waals surface area (Å²) >= 11 is 0. The first-order chi connectivity index (χ1) is 13.4. The van der Waals surface area contributed by atoms with E-state index < -0.39 is 6.36 Å². The van der Waals surface area contributed by atoms with E-state index in [9.17, 15) is 13.2 Å². The van der Waals surface area contributed by atoms with Crippen LogP contribution in [0.4, 0.5) is 18.9 Å². The second-order valence-electron chi connectivity index (χ2n) is 6.56. The van der Waals surface area contributed by atoms with E-state index >= 15 is 0 Å². The third-order valence-electron chi connectivity index (χ3n) is 4.39. The van der Waals surface area contributed by atoms with Gasteiger partial charge in [0.1, 0.15) is 17.4 Å². The number of benzene rings is 1. The summed E-state index contributed by atoms with van der Waals surface area (Å²) in [5.41, 5.74) is 6.36. The molecule has 0 unspecified atom stereocenters. The monoisotopic (exact) mass is 396 g/mol. The molecule has 1 aromatic carbocycles. The van der Waals surface area contributed by atoms with E-state index in [0.717, 1.165) is 50.3 Å². The number of rotatable bonds is 6. The summed E-state index contributed by atoms with van der Waals surface area (Å²) in [6, 6.07) is 5.30. The minimum absolute atomic E-state index is 0.199. The van der Waals surface area contributed by atoms with Crippen LogP contribution in [0.25, 0.3) is 0 Å². The third kappa shape index (κ3) is 5.86. The summed E-state index contributed by atoms with van der Waals surface area (Å²) in [7, 11) is 0. The molecule has 3 N–H and O–H groups in total. The highest BCUT2D eigenvalue weighted by molar-refractivity contribution is 5.92. The van der Waals surface area contributed by atoms with Crippen molar-refractivity contribution in [3.05, 3.63) is 35.9 Å². The van der Waals surface area contributed by atoms with Crippen molar-refractivity contribution in [2.24, 2.45) is 10.7 Å². The molecule has 0 atom stereocenters. The predicted octanol–water partition coefficient (Wildman–Crippen LogP) is 3.26. The molecule has 152 valence electrons. The van der Waals surface area contributed by atoms with Gasteiger partial charge in [-0.3, -0.25) is 4.99 Å². The molecule has 3 rings (SSSR count). The first-order valence-electron chi connectivity index (χ1n) is 9.24. The zero-order chi connectivity index (χ0) is 20.0. The van der Waals surface area contributed by atoms with Crippen molar-refractivity contribution in [1.82, 2.24) is 14.8 Å². The fraction of sp³-hybridized carbons (Fsp3) is 0.500. The number of anilines is 1. The average Bonchev–Trinajstić information content (AvgIpc) is 2.85. The molecule has 0 saturated heterocycles. The number of aryl methyl sites for hydroxylation is 2. The standard InChI is InChI=1S/C18H23F3N6O/c19-18(20,21)28-14-9-7-13(8-10-14)24-17(22)23-11-4-6-16-26-25-15-5-2-1-3-12-27(15)16/h7-10H,1-6,11-12H2,(H3,22,23,24). The Kier molecular flexibility index (Phi) is 6.37. The lowest BCUT2D eigenvalue weighted by Gasteiger charge is -2.10. The molecule has 0 radical (unpaired) electrons. The normalized spacial score (nSPS) is 15.0. The fourth-order valence-electron chi connectivity index (χ4n) is 3.09. The molecule has 2 aromatic rings. The minimum Gasteiger partial charge on any atom is -0.406 e. The summed E-state index contributed by atoms with van der Waals surface area (Å²) in [4.78, 5) is 4.25. The van der Waals surface area contributed by atoms with Gasteiger partial charge in [-0.2, -0.15) is 0 Å². The highest BCUT2D eigenvalue weighted by Crippen LogP contribution is 2.23. The number of nitrogens with one attached hydrogen (secondary N) is 1. The summed E-state index contributed by atoms with van der Waals surface area (Å²) in [5, 5.41) is 11.4. The first-order valence-corrected chi connectivity index (χ1v) is 9.24. The maximum absolute atomic E-state index is 12.2. The van der Waals surface area contributed by atoms with Crippen LogP contribution in [0.5, 0.6) is 5.75 Å². The molecule has 0 amide bonds. The zero-order valence-electron chi connectivity index (χ0n) is 15.4. The Bertz CT molecular complexity index is 801. The van der Waals surface area contributed by atoms with Crippen molar-refractivity contribution >= 4 is 11.6 Å². The van der Waals surface area contributed by atoms with Gasteiger partial charge in [-0.05, 0) is 43.5 Å². The number of nitrogens with two attached hydrogens (primary N) is 1. The van der Waals surface area contributed by atoms with E-state index in [4.69, 9.17) is 5.73 Å². The smallest absolute Gasteiger partial charge is 0.406 e. The van der Waals surface area contributed by atoms with Crippen LogP contribution in [0.1, 0.15) is 37.3 Å². The van der Waals surface area contributed by atoms with Gasteiger partial charge in [0, 0.05) is 31.6 Å². The maximum atomic E-state index is 12.2. The van der Waals surface area contributed by atoms with Crippen LogP contribution in [0, 0.1) is 0 Å². The molecular weight excluding hydrogens is 373 g/mol. The molecule has 0 spiro atoms. The Morgan fingerprint density at radius 2 is 1.96 bits per heavy atom. The molecule has 0 aliphatic carbocycles. The summed E-state index contributed by atoms with van der Waals surface area (Å²) in [5.74, 6) is 1.96. The second kappa shape index (κ2) is 8.94. The molecule has 28 heavy (non-hydrogen) atoms. The summed E-state index contributed by atoms with van der Waals surface area (Å²) < 4.78 is 42.5. The van der Waals surface area contributed by atoms with Crippen LogP contribution in [-0.2, 0) is 19.4 Å². The number of ether oxygens (including phenoxy) is 1. The summed E-state index contributed by atoms with van der Waals surface area (Å²) in [6.07, 6.45) is 1.35. The molecule has 0 bridgehead atoms. The Morgan fingerprint density at radius 1 is 1.18 bits per heavy atom. The molecule has 7 nitrogen and oxygen atoms in total. The minimum atomic E-state index is -4.71. The van der Waals surface area contributed by atoms with Crippen LogP contribution >= 0.6 is 0 Å². The Morgan fingerprint density at radius 3 is 2.71 bits per heavy atom. The van der Waals surface area contributed by atoms with Crippen LogP contribution in [-0.4, -0.2) is 33.6 Å². The van der Waals surface area contributed by atoms with Crippen LogP contribution in [0.2, 0.25) is 0 Å². The number of aliphatic imine (C=N–C) groups is 1. The van der Waals surface area contributed by atoms with Gasteiger partial charge in [0.15, 0.2) is 5.96 Å². The molecule has 1 aliphatic rings. The molecule has 1 aromatic heterocycles. The molecule has 10 heteroatoms. The average molecular weight is 396 g/mol. The quantitative estimate of drug-likeness (QED) is 0.444. The van der Waals surface area contributed by atoms with E-state index in [0.29, 0.717) is 12.2 Å². The van der Waals surface area contributed by atoms with Gasteiger partial charge in [0.25, 0.3) is 0 Å². The van der Waals surface area contributed by atoms with Crippen LogP contribution in [0.3, 0.4) is 0 Å². The van der Waals surface area contributed by atoms with E-state index in [2.05, 4.69) is 29.8 Å². The fourth-order valence-corrected chi connectivity index (χ4v) is 3.09. The van der Waals surface area contributed by atoms with E-state index in [1.54, 1.807) is 0 Å². The lowest BCUT2D eigenvalue weighted by molar-refractivity contribution is -0.274. The van der Waals surface area contributed by atoms with Gasteiger partial charge in [0.2, 0.25) is 0 Å². The largest absolute Gasteiger partial charge is 0.573 e. The van der Waals surface area contributed by atoms with E-state index in [-0.39, 0.29) is 11.7 Å².